The SMILES string of the molecule is O=C(CO)CCCCCCC(=O)Nc1ccc(C(=O)N(CCCC(=O)OCCOCCOCCNC(=O)OC/C=C/COC(=O)CCCOCCOCCOC(=O)NCCOCCOCCCCCCCl)Cc2ccc(C3(C(F)(F)F)N=N3)cc2)cc1. The second-order valence-electron chi connectivity index (χ2n) is 19.5. The molecule has 0 bridgehead atoms. The lowest BCUT2D eigenvalue weighted by atomic mass is 10.0. The smallest absolute Gasteiger partial charge is 0.442 e. The molecule has 3 rings (SSSR count). The van der Waals surface area contributed by atoms with Crippen LogP contribution in [-0.4, -0.2) is 196 Å². The molecule has 0 radical (unpaired) electrons. The number of esters is 2. The summed E-state index contributed by atoms with van der Waals surface area (Å²) in [6.07, 6.45) is 5.43. The Balaban J connectivity index is 1.16. The van der Waals surface area contributed by atoms with Crippen LogP contribution in [-0.2, 0) is 78.8 Å². The Hall–Kier alpha value is -6.33. The molecule has 0 aromatic heterocycles. The molecule has 28 heteroatoms. The highest BCUT2D eigenvalue weighted by molar-refractivity contribution is 6.17. The summed E-state index contributed by atoms with van der Waals surface area (Å²) in [7, 11) is 0. The quantitative estimate of drug-likeness (QED) is 0.0161. The molecule has 1 aliphatic heterocycles. The number of amides is 4. The molecule has 0 spiro atoms. The number of alkyl halides is 4. The summed E-state index contributed by atoms with van der Waals surface area (Å²) in [5, 5.41) is 23.2. The van der Waals surface area contributed by atoms with E-state index in [1.165, 1.54) is 47.4 Å². The Labute approximate surface area is 511 Å². The molecule has 1 heterocycles. The van der Waals surface area contributed by atoms with Crippen LogP contribution in [0.3, 0.4) is 0 Å². The molecular formula is C59H86ClF3N6O18. The van der Waals surface area contributed by atoms with Gasteiger partial charge in [-0.25, -0.2) is 9.59 Å². The lowest BCUT2D eigenvalue weighted by Crippen LogP contribution is -2.32. The number of halogens is 4. The fraction of sp³-hybridized carbons (Fsp3) is 0.644. The van der Waals surface area contributed by atoms with E-state index in [9.17, 15) is 46.7 Å². The van der Waals surface area contributed by atoms with E-state index in [-0.39, 0.29) is 128 Å². The van der Waals surface area contributed by atoms with Crippen LogP contribution in [0.1, 0.15) is 111 Å². The van der Waals surface area contributed by atoms with Gasteiger partial charge in [-0.15, -0.1) is 21.8 Å². The maximum atomic E-state index is 13.8. The number of unbranched alkanes of at least 4 members (excludes halogenated alkanes) is 6. The molecule has 1 aliphatic rings. The maximum Gasteiger partial charge on any atom is 0.442 e. The molecule has 488 valence electrons. The lowest BCUT2D eigenvalue weighted by molar-refractivity contribution is -0.166. The number of carbonyl (C=O) groups excluding carboxylic acids is 7. The van der Waals surface area contributed by atoms with Gasteiger partial charge in [0.2, 0.25) is 5.91 Å². The fourth-order valence-corrected chi connectivity index (χ4v) is 7.95. The Morgan fingerprint density at radius 3 is 1.64 bits per heavy atom. The molecule has 0 atom stereocenters. The van der Waals surface area contributed by atoms with Crippen molar-refractivity contribution in [2.24, 2.45) is 10.2 Å². The number of nitrogens with zero attached hydrogens (tertiary/aromatic N) is 3. The molecule has 0 saturated heterocycles. The highest BCUT2D eigenvalue weighted by atomic mass is 35.5. The van der Waals surface area contributed by atoms with Gasteiger partial charge in [-0.3, -0.25) is 24.0 Å². The zero-order valence-corrected chi connectivity index (χ0v) is 50.2. The zero-order chi connectivity index (χ0) is 63.1. The van der Waals surface area contributed by atoms with Crippen LogP contribution >= 0.6 is 11.6 Å². The van der Waals surface area contributed by atoms with Crippen LogP contribution in [0, 0.1) is 0 Å². The van der Waals surface area contributed by atoms with Gasteiger partial charge >= 0.3 is 36.0 Å². The largest absolute Gasteiger partial charge is 0.463 e. The summed E-state index contributed by atoms with van der Waals surface area (Å²) in [6, 6.07) is 11.7. The van der Waals surface area contributed by atoms with Gasteiger partial charge in [0, 0.05) is 87.8 Å². The minimum Gasteiger partial charge on any atom is -0.463 e. The predicted molar refractivity (Wildman–Crippen MR) is 311 cm³/mol. The number of alkyl carbamates (subject to hydrolysis) is 2. The molecule has 87 heavy (non-hydrogen) atoms. The first-order valence-corrected chi connectivity index (χ1v) is 29.9. The number of anilines is 1. The average molecular weight is 1260 g/mol. The van der Waals surface area contributed by atoms with Crippen molar-refractivity contribution in [2.75, 3.05) is 143 Å². The molecule has 2 aromatic carbocycles. The third kappa shape index (κ3) is 35.9. The van der Waals surface area contributed by atoms with Gasteiger partial charge < -0.3 is 73.3 Å². The van der Waals surface area contributed by atoms with Crippen molar-refractivity contribution >= 4 is 59.0 Å². The van der Waals surface area contributed by atoms with Crippen LogP contribution in [0.2, 0.25) is 0 Å². The minimum atomic E-state index is -4.70. The van der Waals surface area contributed by atoms with Gasteiger partial charge in [0.1, 0.15) is 33.0 Å². The van der Waals surface area contributed by atoms with Gasteiger partial charge in [0.05, 0.1) is 66.1 Å². The average Bonchev–Trinajstić information content (AvgIpc) is 1.91. The van der Waals surface area contributed by atoms with Gasteiger partial charge in [-0.2, -0.15) is 13.2 Å². The number of Topliss-reactive ketones (excluding diaryl/α,β-unsaturated/α-hetero) is 1. The van der Waals surface area contributed by atoms with E-state index in [4.69, 9.17) is 64.1 Å². The highest BCUT2D eigenvalue weighted by Gasteiger charge is 2.65. The van der Waals surface area contributed by atoms with Gasteiger partial charge in [-0.1, -0.05) is 49.9 Å². The summed E-state index contributed by atoms with van der Waals surface area (Å²) < 4.78 is 93.9. The summed E-state index contributed by atoms with van der Waals surface area (Å²) in [5.74, 6) is -1.11. The lowest BCUT2D eigenvalue weighted by Gasteiger charge is -2.23. The summed E-state index contributed by atoms with van der Waals surface area (Å²) >= 11 is 5.65. The Bertz CT molecular complexity index is 2330. The number of aliphatic hydroxyl groups excluding tert-OH is 1. The van der Waals surface area contributed by atoms with Crippen molar-refractivity contribution in [3.05, 3.63) is 77.4 Å². The van der Waals surface area contributed by atoms with Crippen molar-refractivity contribution in [1.82, 2.24) is 15.5 Å². The standard InChI is InChI=1S/C59H86ClF3N6O18/c60-25-7-3-4-8-29-78-35-37-80-34-27-65-57(77)87-44-42-83-39-36-79-30-12-16-54(74)84-31-9-10-32-86-56(76)64-26-33-81-38-40-82-41-43-85-53(73)15-11-28-69(45-47-17-21-49(22-18-47)58(67-68-58)59(61,62)63)55(75)48-19-23-50(24-20-48)66-52(72)14-6-2-1-5-13-51(71)46-70/h9-10,17-24,70H,1-8,11-16,25-46H2,(H,64,76)(H,65,77)(H,66,72)/b10-9+. The number of ether oxygens (including phenoxy) is 10. The maximum absolute atomic E-state index is 13.8. The molecule has 24 nitrogen and oxygen atoms in total. The number of hydrogen-bond acceptors (Lipinski definition) is 20. The molecule has 0 saturated carbocycles. The topological polar surface area (TPSA) is 296 Å². The summed E-state index contributed by atoms with van der Waals surface area (Å²) in [5.41, 5.74) is -1.49. The molecule has 0 unspecified atom stereocenters. The van der Waals surface area contributed by atoms with E-state index in [2.05, 4.69) is 26.2 Å². The van der Waals surface area contributed by atoms with Crippen LogP contribution in [0.5, 0.6) is 0 Å². The number of carbonyl (C=O) groups is 7. The van der Waals surface area contributed by atoms with E-state index in [0.29, 0.717) is 95.6 Å². The third-order valence-electron chi connectivity index (χ3n) is 12.5. The van der Waals surface area contributed by atoms with E-state index in [1.54, 1.807) is 18.2 Å². The molecule has 0 fully saturated rings. The molecule has 4 amide bonds. The fourth-order valence-electron chi connectivity index (χ4n) is 7.76. The van der Waals surface area contributed by atoms with E-state index >= 15 is 0 Å². The van der Waals surface area contributed by atoms with Gasteiger partial charge in [0.15, 0.2) is 5.78 Å². The number of benzene rings is 2. The number of aliphatic hydroxyl groups is 1. The van der Waals surface area contributed by atoms with Crippen LogP contribution in [0.15, 0.2) is 70.9 Å². The van der Waals surface area contributed by atoms with Crippen molar-refractivity contribution in [3.63, 3.8) is 0 Å². The molecule has 4 N–H and O–H groups in total. The van der Waals surface area contributed by atoms with Crippen LogP contribution in [0.4, 0.5) is 28.4 Å². The first-order chi connectivity index (χ1) is 42.2. The van der Waals surface area contributed by atoms with E-state index in [0.717, 1.165) is 38.5 Å². The van der Waals surface area contributed by atoms with Crippen LogP contribution < -0.4 is 16.0 Å². The minimum absolute atomic E-state index is 0.00161. The Morgan fingerprint density at radius 1 is 0.540 bits per heavy atom. The van der Waals surface area contributed by atoms with Crippen molar-refractivity contribution in [2.45, 2.75) is 108 Å². The molecule has 2 aromatic rings. The molecule has 0 aliphatic carbocycles. The van der Waals surface area contributed by atoms with Crippen molar-refractivity contribution < 1.29 is 99.2 Å². The Kier molecular flexibility index (Phi) is 40.3. The summed E-state index contributed by atoms with van der Waals surface area (Å²) in [4.78, 5) is 87.3. The first kappa shape index (κ1) is 74.9. The van der Waals surface area contributed by atoms with Crippen molar-refractivity contribution in [1.29, 1.82) is 0 Å². The number of ketones is 1. The number of nitrogens with one attached hydrogen (secondary N) is 3. The summed E-state index contributed by atoms with van der Waals surface area (Å²) in [6.45, 7) is 3.82. The van der Waals surface area contributed by atoms with Crippen LogP contribution in [0.25, 0.3) is 0 Å². The monoisotopic (exact) mass is 1260 g/mol. The second kappa shape index (κ2) is 46.8. The normalized spacial score (nSPS) is 12.4. The van der Waals surface area contributed by atoms with Gasteiger partial charge in [-0.05, 0) is 80.5 Å². The zero-order valence-electron chi connectivity index (χ0n) is 49.5. The van der Waals surface area contributed by atoms with E-state index < -0.39 is 48.5 Å². The third-order valence-corrected chi connectivity index (χ3v) is 12.7. The highest BCUT2D eigenvalue weighted by Crippen LogP contribution is 2.52. The number of rotatable bonds is 52. The van der Waals surface area contributed by atoms with Gasteiger partial charge in [0.25, 0.3) is 5.91 Å². The second-order valence-corrected chi connectivity index (χ2v) is 19.9. The predicted octanol–water partition coefficient (Wildman–Crippen LogP) is 7.90. The van der Waals surface area contributed by atoms with E-state index in [1.807, 2.05) is 0 Å². The number of hydrogen-bond donors (Lipinski definition) is 4. The first-order valence-electron chi connectivity index (χ1n) is 29.4. The molecular weight excluding hydrogens is 1170 g/mol. The van der Waals surface area contributed by atoms with Crippen molar-refractivity contribution in [3.8, 4) is 0 Å². The Morgan fingerprint density at radius 2 is 1.05 bits per heavy atom.